The first kappa shape index (κ1) is 13.9. The smallest absolute Gasteiger partial charge is 0.163 e. The van der Waals surface area contributed by atoms with Crippen LogP contribution in [0.3, 0.4) is 0 Å². The van der Waals surface area contributed by atoms with Crippen LogP contribution >= 0.6 is 0 Å². The Morgan fingerprint density at radius 1 is 1.30 bits per heavy atom. The summed E-state index contributed by atoms with van der Waals surface area (Å²) in [6.45, 7) is 4.56. The quantitative estimate of drug-likeness (QED) is 0.904. The summed E-state index contributed by atoms with van der Waals surface area (Å²) in [4.78, 5) is 4.01. The van der Waals surface area contributed by atoms with Gasteiger partial charge >= 0.3 is 0 Å². The number of ether oxygens (including phenoxy) is 1. The zero-order valence-electron chi connectivity index (χ0n) is 11.6. The van der Waals surface area contributed by atoms with Gasteiger partial charge in [0.25, 0.3) is 0 Å². The van der Waals surface area contributed by atoms with Crippen LogP contribution in [0, 0.1) is 18.3 Å². The van der Waals surface area contributed by atoms with E-state index in [1.165, 1.54) is 5.56 Å². The number of aromatic nitrogens is 1. The zero-order valence-corrected chi connectivity index (χ0v) is 11.6. The summed E-state index contributed by atoms with van der Waals surface area (Å²) in [7, 11) is 0. The average molecular weight is 267 g/mol. The lowest BCUT2D eigenvalue weighted by Crippen LogP contribution is -2.24. The van der Waals surface area contributed by atoms with Crippen molar-refractivity contribution in [1.82, 2.24) is 4.98 Å². The Bertz CT molecular complexity index is 602. The summed E-state index contributed by atoms with van der Waals surface area (Å²) < 4.78 is 5.70. The fraction of sp³-hybridized carbons (Fsp3) is 0.250. The molecule has 0 aliphatic carbocycles. The highest BCUT2D eigenvalue weighted by atomic mass is 16.5. The molecule has 1 aromatic heterocycles. The van der Waals surface area contributed by atoms with Crippen LogP contribution in [0.2, 0.25) is 0 Å². The third-order valence-corrected chi connectivity index (χ3v) is 2.84. The van der Waals surface area contributed by atoms with E-state index in [1.54, 1.807) is 12.3 Å². The summed E-state index contributed by atoms with van der Waals surface area (Å²) in [5.74, 6) is 0.843. The Labute approximate surface area is 119 Å². The molecule has 1 heterocycles. The molecule has 102 valence electrons. The average Bonchev–Trinajstić information content (AvgIpc) is 2.47. The van der Waals surface area contributed by atoms with Crippen LogP contribution < -0.4 is 10.1 Å². The van der Waals surface area contributed by atoms with Crippen molar-refractivity contribution in [3.8, 4) is 11.8 Å². The van der Waals surface area contributed by atoms with Gasteiger partial charge in [-0.3, -0.25) is 0 Å². The molecule has 0 saturated heterocycles. The summed E-state index contributed by atoms with van der Waals surface area (Å²) >= 11 is 0. The number of nitrogens with one attached hydrogen (secondary N) is 1. The number of hydrogen-bond acceptors (Lipinski definition) is 4. The summed E-state index contributed by atoms with van der Waals surface area (Å²) in [5, 5.41) is 12.2. The predicted octanol–water partition coefficient (Wildman–Crippen LogP) is 3.14. The number of rotatable bonds is 5. The van der Waals surface area contributed by atoms with Gasteiger partial charge in [-0.15, -0.1) is 0 Å². The number of hydrogen-bond donors (Lipinski definition) is 1. The molecule has 0 saturated carbocycles. The van der Waals surface area contributed by atoms with Gasteiger partial charge in [0.15, 0.2) is 5.69 Å². The van der Waals surface area contributed by atoms with Gasteiger partial charge in [0.05, 0.1) is 11.7 Å². The second-order valence-electron chi connectivity index (χ2n) is 4.68. The largest absolute Gasteiger partial charge is 0.491 e. The normalized spacial score (nSPS) is 11.4. The van der Waals surface area contributed by atoms with Crippen molar-refractivity contribution in [2.45, 2.75) is 19.9 Å². The number of anilines is 1. The van der Waals surface area contributed by atoms with Crippen LogP contribution in [0.25, 0.3) is 0 Å². The van der Waals surface area contributed by atoms with E-state index in [9.17, 15) is 0 Å². The molecule has 20 heavy (non-hydrogen) atoms. The highest BCUT2D eigenvalue weighted by Gasteiger charge is 2.07. The van der Waals surface area contributed by atoms with E-state index in [0.29, 0.717) is 12.3 Å². The van der Waals surface area contributed by atoms with E-state index in [1.807, 2.05) is 44.2 Å². The molecule has 0 aliphatic rings. The molecule has 0 fully saturated rings. The van der Waals surface area contributed by atoms with Crippen LogP contribution in [0.5, 0.6) is 5.75 Å². The maximum absolute atomic E-state index is 8.98. The molecule has 0 amide bonds. The minimum Gasteiger partial charge on any atom is -0.491 e. The van der Waals surface area contributed by atoms with Crippen molar-refractivity contribution in [2.24, 2.45) is 0 Å². The monoisotopic (exact) mass is 267 g/mol. The standard InChI is InChI=1S/C16H17N3O/c1-12-5-7-14(8-6-12)20-11-13(2)19-15-4-3-9-18-16(15)10-17/h3-9,13,19H,11H2,1-2H3. The fourth-order valence-corrected chi connectivity index (χ4v) is 1.77. The Hall–Kier alpha value is -2.54. The minimum atomic E-state index is 0.0765. The van der Waals surface area contributed by atoms with Gasteiger partial charge in [-0.25, -0.2) is 4.98 Å². The van der Waals surface area contributed by atoms with E-state index in [4.69, 9.17) is 10.00 Å². The van der Waals surface area contributed by atoms with Gasteiger partial charge in [0, 0.05) is 6.20 Å². The lowest BCUT2D eigenvalue weighted by Gasteiger charge is -2.16. The Morgan fingerprint density at radius 3 is 2.75 bits per heavy atom. The molecule has 4 heteroatoms. The number of nitriles is 1. The van der Waals surface area contributed by atoms with Crippen LogP contribution in [-0.4, -0.2) is 17.6 Å². The van der Waals surface area contributed by atoms with E-state index >= 15 is 0 Å². The van der Waals surface area contributed by atoms with Crippen molar-refractivity contribution < 1.29 is 4.74 Å². The molecule has 1 N–H and O–H groups in total. The number of benzene rings is 1. The first-order chi connectivity index (χ1) is 9.69. The maximum atomic E-state index is 8.98. The number of pyridine rings is 1. The highest BCUT2D eigenvalue weighted by Crippen LogP contribution is 2.14. The number of nitrogens with zero attached hydrogens (tertiary/aromatic N) is 2. The lowest BCUT2D eigenvalue weighted by atomic mass is 10.2. The molecule has 0 bridgehead atoms. The summed E-state index contributed by atoms with van der Waals surface area (Å²) in [5.41, 5.74) is 2.34. The SMILES string of the molecule is Cc1ccc(OCC(C)Nc2cccnc2C#N)cc1. The second-order valence-corrected chi connectivity index (χ2v) is 4.68. The predicted molar refractivity (Wildman–Crippen MR) is 78.7 cm³/mol. The Kier molecular flexibility index (Phi) is 4.56. The zero-order chi connectivity index (χ0) is 14.4. The van der Waals surface area contributed by atoms with Gasteiger partial charge in [-0.05, 0) is 38.1 Å². The summed E-state index contributed by atoms with van der Waals surface area (Å²) in [6.07, 6.45) is 1.61. The van der Waals surface area contributed by atoms with Crippen LogP contribution in [0.4, 0.5) is 5.69 Å². The van der Waals surface area contributed by atoms with Crippen LogP contribution in [-0.2, 0) is 0 Å². The molecule has 0 spiro atoms. The molecular weight excluding hydrogens is 250 g/mol. The number of aryl methyl sites for hydroxylation is 1. The molecule has 4 nitrogen and oxygen atoms in total. The maximum Gasteiger partial charge on any atom is 0.163 e. The highest BCUT2D eigenvalue weighted by molar-refractivity contribution is 5.53. The third-order valence-electron chi connectivity index (χ3n) is 2.84. The van der Waals surface area contributed by atoms with Gasteiger partial charge in [0.1, 0.15) is 18.4 Å². The summed E-state index contributed by atoms with van der Waals surface area (Å²) in [6, 6.07) is 13.7. The molecular formula is C16H17N3O. The van der Waals surface area contributed by atoms with Crippen LogP contribution in [0.15, 0.2) is 42.6 Å². The fourth-order valence-electron chi connectivity index (χ4n) is 1.77. The van der Waals surface area contributed by atoms with Crippen LogP contribution in [0.1, 0.15) is 18.2 Å². The molecule has 1 aromatic carbocycles. The Balaban J connectivity index is 1.91. The van der Waals surface area contributed by atoms with E-state index in [0.717, 1.165) is 11.4 Å². The molecule has 2 rings (SSSR count). The topological polar surface area (TPSA) is 57.9 Å². The van der Waals surface area contributed by atoms with E-state index in [2.05, 4.69) is 16.4 Å². The van der Waals surface area contributed by atoms with Crippen molar-refractivity contribution in [2.75, 3.05) is 11.9 Å². The van der Waals surface area contributed by atoms with Crippen molar-refractivity contribution in [3.63, 3.8) is 0 Å². The van der Waals surface area contributed by atoms with Gasteiger partial charge < -0.3 is 10.1 Å². The van der Waals surface area contributed by atoms with E-state index < -0.39 is 0 Å². The minimum absolute atomic E-state index is 0.0765. The second kappa shape index (κ2) is 6.58. The van der Waals surface area contributed by atoms with Crippen molar-refractivity contribution >= 4 is 5.69 Å². The first-order valence-electron chi connectivity index (χ1n) is 6.50. The van der Waals surface area contributed by atoms with Gasteiger partial charge in [-0.2, -0.15) is 5.26 Å². The van der Waals surface area contributed by atoms with Gasteiger partial charge in [-0.1, -0.05) is 17.7 Å². The lowest BCUT2D eigenvalue weighted by molar-refractivity contribution is 0.304. The van der Waals surface area contributed by atoms with Gasteiger partial charge in [0.2, 0.25) is 0 Å². The third kappa shape index (κ3) is 3.72. The molecule has 0 radical (unpaired) electrons. The molecule has 1 unspecified atom stereocenters. The molecule has 2 aromatic rings. The van der Waals surface area contributed by atoms with E-state index in [-0.39, 0.29) is 6.04 Å². The van der Waals surface area contributed by atoms with Crippen molar-refractivity contribution in [3.05, 3.63) is 53.9 Å². The van der Waals surface area contributed by atoms with Crippen molar-refractivity contribution in [1.29, 1.82) is 5.26 Å². The Morgan fingerprint density at radius 2 is 2.05 bits per heavy atom. The first-order valence-corrected chi connectivity index (χ1v) is 6.50. The molecule has 0 aliphatic heterocycles. The molecule has 1 atom stereocenters.